The molecule has 0 aliphatic heterocycles. The number of aliphatic hydroxyl groups excluding tert-OH is 1. The molecule has 0 saturated carbocycles. The number of aromatic nitrogens is 1. The molecule has 0 aliphatic rings. The highest BCUT2D eigenvalue weighted by atomic mass is 35.5. The quantitative estimate of drug-likeness (QED) is 0.772. The molecule has 0 aliphatic carbocycles. The molecule has 1 rings (SSSR count). The first kappa shape index (κ1) is 11.6. The van der Waals surface area contributed by atoms with E-state index in [0.29, 0.717) is 0 Å². The van der Waals surface area contributed by atoms with Gasteiger partial charge in [-0.05, 0) is 17.7 Å². The first-order valence-electron chi connectivity index (χ1n) is 3.38. The van der Waals surface area contributed by atoms with Crippen molar-refractivity contribution in [3.8, 4) is 0 Å². The van der Waals surface area contributed by atoms with E-state index in [9.17, 15) is 13.2 Å². The summed E-state index contributed by atoms with van der Waals surface area (Å²) in [5.41, 5.74) is -0.428. The molecule has 1 heterocycles. The number of nitrogens with zero attached hydrogens (tertiary/aromatic N) is 1. The third kappa shape index (κ3) is 2.73. The van der Waals surface area contributed by atoms with Gasteiger partial charge in [-0.1, -0.05) is 23.2 Å². The maximum atomic E-state index is 12.0. The van der Waals surface area contributed by atoms with E-state index in [4.69, 9.17) is 28.3 Å². The van der Waals surface area contributed by atoms with Crippen LogP contribution < -0.4 is 0 Å². The molecule has 0 fully saturated rings. The van der Waals surface area contributed by atoms with Crippen LogP contribution in [0.5, 0.6) is 0 Å². The number of rotatable bonds is 1. The molecule has 1 atom stereocenters. The molecule has 78 valence electrons. The molecule has 7 heteroatoms. The van der Waals surface area contributed by atoms with Gasteiger partial charge in [-0.3, -0.25) is 0 Å². The van der Waals surface area contributed by atoms with Crippen molar-refractivity contribution in [3.63, 3.8) is 0 Å². The molecule has 0 bridgehead atoms. The van der Waals surface area contributed by atoms with Crippen LogP contribution in [0.3, 0.4) is 0 Å². The van der Waals surface area contributed by atoms with E-state index in [0.717, 1.165) is 12.1 Å². The standard InChI is InChI=1S/C7H4Cl2F3NO/c8-4-1-3(2-5(9)13-4)6(14)7(10,11)12/h1-2,6,14H. The Bertz CT molecular complexity index is 322. The number of pyridine rings is 1. The third-order valence-corrected chi connectivity index (χ3v) is 1.80. The van der Waals surface area contributed by atoms with Crippen molar-refractivity contribution >= 4 is 23.2 Å². The summed E-state index contributed by atoms with van der Waals surface area (Å²) in [6.07, 6.45) is -7.34. The maximum absolute atomic E-state index is 12.0. The minimum absolute atomic E-state index is 0.198. The molecular weight excluding hydrogens is 242 g/mol. The summed E-state index contributed by atoms with van der Waals surface area (Å²) in [5, 5.41) is 8.44. The van der Waals surface area contributed by atoms with E-state index in [1.807, 2.05) is 0 Å². The third-order valence-electron chi connectivity index (χ3n) is 1.41. The zero-order valence-corrected chi connectivity index (χ0v) is 8.03. The van der Waals surface area contributed by atoms with Crippen LogP contribution in [0.25, 0.3) is 0 Å². The minimum Gasteiger partial charge on any atom is -0.379 e. The molecule has 0 amide bonds. The number of hydrogen-bond acceptors (Lipinski definition) is 2. The molecule has 1 unspecified atom stereocenters. The lowest BCUT2D eigenvalue weighted by molar-refractivity contribution is -0.206. The van der Waals surface area contributed by atoms with Crippen molar-refractivity contribution in [1.29, 1.82) is 0 Å². The predicted octanol–water partition coefficient (Wildman–Crippen LogP) is 2.98. The van der Waals surface area contributed by atoms with Gasteiger partial charge in [0.1, 0.15) is 10.3 Å². The average molecular weight is 246 g/mol. The summed E-state index contributed by atoms with van der Waals surface area (Å²) in [6.45, 7) is 0. The summed E-state index contributed by atoms with van der Waals surface area (Å²) >= 11 is 10.7. The number of halogens is 5. The second-order valence-electron chi connectivity index (χ2n) is 2.49. The van der Waals surface area contributed by atoms with Gasteiger partial charge in [-0.2, -0.15) is 13.2 Å². The van der Waals surface area contributed by atoms with Crippen LogP contribution in [-0.2, 0) is 0 Å². The normalized spacial score (nSPS) is 14.1. The van der Waals surface area contributed by atoms with E-state index in [1.165, 1.54) is 0 Å². The SMILES string of the molecule is OC(c1cc(Cl)nc(Cl)c1)C(F)(F)F. The predicted molar refractivity (Wildman–Crippen MR) is 45.3 cm³/mol. The van der Waals surface area contributed by atoms with Crippen LogP contribution in [0.1, 0.15) is 11.7 Å². The number of alkyl halides is 3. The lowest BCUT2D eigenvalue weighted by Crippen LogP contribution is -2.20. The van der Waals surface area contributed by atoms with Crippen molar-refractivity contribution in [1.82, 2.24) is 4.98 Å². The van der Waals surface area contributed by atoms with E-state index in [-0.39, 0.29) is 10.3 Å². The van der Waals surface area contributed by atoms with Gasteiger partial charge in [0, 0.05) is 0 Å². The Kier molecular flexibility index (Phi) is 3.24. The fourth-order valence-corrected chi connectivity index (χ4v) is 1.31. The molecule has 1 aromatic heterocycles. The van der Waals surface area contributed by atoms with Crippen LogP contribution in [0.15, 0.2) is 12.1 Å². The highest BCUT2D eigenvalue weighted by Gasteiger charge is 2.39. The summed E-state index contributed by atoms with van der Waals surface area (Å²) < 4.78 is 36.1. The Balaban J connectivity index is 3.07. The van der Waals surface area contributed by atoms with Crippen molar-refractivity contribution < 1.29 is 18.3 Å². The van der Waals surface area contributed by atoms with E-state index < -0.39 is 17.8 Å². The van der Waals surface area contributed by atoms with Crippen molar-refractivity contribution in [2.75, 3.05) is 0 Å². The van der Waals surface area contributed by atoms with Crippen molar-refractivity contribution in [2.24, 2.45) is 0 Å². The van der Waals surface area contributed by atoms with Gasteiger partial charge in [0.15, 0.2) is 6.10 Å². The Morgan fingerprint density at radius 3 is 2.00 bits per heavy atom. The lowest BCUT2D eigenvalue weighted by Gasteiger charge is -2.14. The van der Waals surface area contributed by atoms with Gasteiger partial charge < -0.3 is 5.11 Å². The van der Waals surface area contributed by atoms with E-state index >= 15 is 0 Å². The van der Waals surface area contributed by atoms with Gasteiger partial charge in [0.05, 0.1) is 0 Å². The highest BCUT2D eigenvalue weighted by Crippen LogP contribution is 2.33. The van der Waals surface area contributed by atoms with Crippen LogP contribution in [0, 0.1) is 0 Å². The van der Waals surface area contributed by atoms with Gasteiger partial charge in [-0.25, -0.2) is 4.98 Å². The largest absolute Gasteiger partial charge is 0.418 e. The Morgan fingerprint density at radius 1 is 1.21 bits per heavy atom. The first-order chi connectivity index (χ1) is 6.30. The Hall–Kier alpha value is -0.520. The maximum Gasteiger partial charge on any atom is 0.418 e. The zero-order chi connectivity index (χ0) is 10.9. The Morgan fingerprint density at radius 2 is 1.64 bits per heavy atom. The summed E-state index contributed by atoms with van der Waals surface area (Å²) in [5.74, 6) is 0. The highest BCUT2D eigenvalue weighted by molar-refractivity contribution is 6.32. The van der Waals surface area contributed by atoms with Crippen LogP contribution in [0.2, 0.25) is 10.3 Å². The van der Waals surface area contributed by atoms with Crippen molar-refractivity contribution in [2.45, 2.75) is 12.3 Å². The summed E-state index contributed by atoms with van der Waals surface area (Å²) in [7, 11) is 0. The fourth-order valence-electron chi connectivity index (χ4n) is 0.830. The van der Waals surface area contributed by atoms with Gasteiger partial charge in [-0.15, -0.1) is 0 Å². The molecule has 14 heavy (non-hydrogen) atoms. The summed E-state index contributed by atoms with van der Waals surface area (Å²) in [6, 6.07) is 1.82. The average Bonchev–Trinajstić information content (AvgIpc) is 1.99. The van der Waals surface area contributed by atoms with Crippen LogP contribution in [-0.4, -0.2) is 16.3 Å². The number of aliphatic hydroxyl groups is 1. The molecule has 1 aromatic rings. The molecule has 2 nitrogen and oxygen atoms in total. The molecule has 0 aromatic carbocycles. The fraction of sp³-hybridized carbons (Fsp3) is 0.286. The van der Waals surface area contributed by atoms with Gasteiger partial charge >= 0.3 is 6.18 Å². The second kappa shape index (κ2) is 3.92. The van der Waals surface area contributed by atoms with E-state index in [2.05, 4.69) is 4.98 Å². The van der Waals surface area contributed by atoms with Crippen LogP contribution >= 0.6 is 23.2 Å². The minimum atomic E-state index is -4.74. The second-order valence-corrected chi connectivity index (χ2v) is 3.26. The first-order valence-corrected chi connectivity index (χ1v) is 4.14. The lowest BCUT2D eigenvalue weighted by atomic mass is 10.1. The number of hydrogen-bond donors (Lipinski definition) is 1. The smallest absolute Gasteiger partial charge is 0.379 e. The molecule has 1 N–H and O–H groups in total. The van der Waals surface area contributed by atoms with Gasteiger partial charge in [0.2, 0.25) is 0 Å². The summed E-state index contributed by atoms with van der Waals surface area (Å²) in [4.78, 5) is 3.45. The molecule has 0 spiro atoms. The Labute approximate surface area is 87.3 Å². The zero-order valence-electron chi connectivity index (χ0n) is 6.52. The van der Waals surface area contributed by atoms with Gasteiger partial charge in [0.25, 0.3) is 0 Å². The molecule has 0 saturated heterocycles. The molecular formula is C7H4Cl2F3NO. The van der Waals surface area contributed by atoms with Crippen molar-refractivity contribution in [3.05, 3.63) is 28.0 Å². The molecule has 0 radical (unpaired) electrons. The monoisotopic (exact) mass is 245 g/mol. The van der Waals surface area contributed by atoms with Crippen LogP contribution in [0.4, 0.5) is 13.2 Å². The van der Waals surface area contributed by atoms with E-state index in [1.54, 1.807) is 0 Å². The topological polar surface area (TPSA) is 33.1 Å².